The second-order valence-corrected chi connectivity index (χ2v) is 7.97. The molecule has 7 nitrogen and oxygen atoms in total. The molecule has 0 aliphatic carbocycles. The van der Waals surface area contributed by atoms with Crippen LogP contribution < -0.4 is 15.5 Å². The SMILES string of the molecule is CC(=O)N1c2ccc(C3=CCNCC3)cc2[C@H](Nc2cnc(C#N)cn2)[C@@H](C)[C@@H]1C. The van der Waals surface area contributed by atoms with Gasteiger partial charge in [-0.05, 0) is 48.7 Å². The summed E-state index contributed by atoms with van der Waals surface area (Å²) in [5, 5.41) is 15.8. The van der Waals surface area contributed by atoms with E-state index in [1.54, 1.807) is 13.1 Å². The zero-order valence-electron chi connectivity index (χ0n) is 17.5. The number of fused-ring (bicyclic) bond motifs is 1. The monoisotopic (exact) mass is 402 g/mol. The molecule has 0 saturated heterocycles. The van der Waals surface area contributed by atoms with Gasteiger partial charge in [-0.2, -0.15) is 5.26 Å². The standard InChI is InChI=1S/C23H26N6O/c1-14-15(2)29(16(3)30)21-5-4-18(17-6-8-25-9-7-17)10-20(21)23(14)28-22-13-26-19(11-24)12-27-22/h4-6,10,12-15,23,25H,7-9H2,1-3H3,(H,27,28)/t14-,15-,23+/m0/s1. The molecule has 154 valence electrons. The predicted octanol–water partition coefficient (Wildman–Crippen LogP) is 3.27. The van der Waals surface area contributed by atoms with E-state index in [4.69, 9.17) is 5.26 Å². The van der Waals surface area contributed by atoms with E-state index in [0.717, 1.165) is 30.8 Å². The van der Waals surface area contributed by atoms with Gasteiger partial charge in [0, 0.05) is 31.1 Å². The summed E-state index contributed by atoms with van der Waals surface area (Å²) < 4.78 is 0. The molecule has 2 aromatic rings. The van der Waals surface area contributed by atoms with Gasteiger partial charge in [0.1, 0.15) is 11.9 Å². The van der Waals surface area contributed by atoms with Crippen molar-refractivity contribution in [1.82, 2.24) is 15.3 Å². The van der Waals surface area contributed by atoms with Crippen molar-refractivity contribution in [2.45, 2.75) is 39.3 Å². The van der Waals surface area contributed by atoms with Gasteiger partial charge in [0.15, 0.2) is 5.69 Å². The Labute approximate surface area is 176 Å². The van der Waals surface area contributed by atoms with Crippen molar-refractivity contribution in [3.63, 3.8) is 0 Å². The number of carbonyl (C=O) groups excluding carboxylic acids is 1. The first-order valence-corrected chi connectivity index (χ1v) is 10.3. The van der Waals surface area contributed by atoms with Crippen LogP contribution in [0.4, 0.5) is 11.5 Å². The summed E-state index contributed by atoms with van der Waals surface area (Å²) in [6.07, 6.45) is 6.28. The molecule has 0 saturated carbocycles. The molecule has 2 aliphatic rings. The van der Waals surface area contributed by atoms with E-state index in [-0.39, 0.29) is 29.6 Å². The molecule has 0 fully saturated rings. The van der Waals surface area contributed by atoms with Crippen LogP contribution in [0.2, 0.25) is 0 Å². The lowest BCUT2D eigenvalue weighted by molar-refractivity contribution is -0.117. The number of anilines is 2. The Balaban J connectivity index is 1.77. The van der Waals surface area contributed by atoms with E-state index < -0.39 is 0 Å². The zero-order chi connectivity index (χ0) is 21.3. The van der Waals surface area contributed by atoms with Crippen molar-refractivity contribution < 1.29 is 4.79 Å². The number of nitrogens with one attached hydrogen (secondary N) is 2. The maximum atomic E-state index is 12.5. The van der Waals surface area contributed by atoms with E-state index in [1.807, 2.05) is 11.0 Å². The smallest absolute Gasteiger partial charge is 0.224 e. The normalized spacial score (nSPS) is 23.2. The Morgan fingerprint density at radius 2 is 2.13 bits per heavy atom. The fourth-order valence-electron chi connectivity index (χ4n) is 4.41. The minimum Gasteiger partial charge on any atom is -0.362 e. The topological polar surface area (TPSA) is 93.9 Å². The Hall–Kier alpha value is -3.24. The molecule has 2 N–H and O–H groups in total. The number of benzene rings is 1. The largest absolute Gasteiger partial charge is 0.362 e. The molecule has 3 atom stereocenters. The summed E-state index contributed by atoms with van der Waals surface area (Å²) in [4.78, 5) is 22.8. The van der Waals surface area contributed by atoms with Crippen molar-refractivity contribution in [2.75, 3.05) is 23.3 Å². The van der Waals surface area contributed by atoms with Crippen LogP contribution in [0.1, 0.15) is 50.1 Å². The van der Waals surface area contributed by atoms with Crippen LogP contribution >= 0.6 is 0 Å². The van der Waals surface area contributed by atoms with Gasteiger partial charge in [-0.25, -0.2) is 9.97 Å². The molecule has 0 radical (unpaired) electrons. The second-order valence-electron chi connectivity index (χ2n) is 7.97. The zero-order valence-corrected chi connectivity index (χ0v) is 17.5. The molecule has 0 spiro atoms. The Morgan fingerprint density at radius 1 is 1.30 bits per heavy atom. The van der Waals surface area contributed by atoms with Gasteiger partial charge < -0.3 is 15.5 Å². The number of nitrogens with zero attached hydrogens (tertiary/aromatic N) is 4. The number of hydrogen-bond acceptors (Lipinski definition) is 6. The number of nitriles is 1. The van der Waals surface area contributed by atoms with Crippen LogP contribution in [-0.2, 0) is 4.79 Å². The van der Waals surface area contributed by atoms with E-state index in [9.17, 15) is 4.79 Å². The van der Waals surface area contributed by atoms with Crippen LogP contribution in [0.5, 0.6) is 0 Å². The third-order valence-electron chi connectivity index (χ3n) is 6.16. The fraction of sp³-hybridized carbons (Fsp3) is 0.391. The Bertz CT molecular complexity index is 1020. The van der Waals surface area contributed by atoms with Crippen LogP contribution in [-0.4, -0.2) is 35.0 Å². The lowest BCUT2D eigenvalue weighted by Crippen LogP contribution is -2.48. The quantitative estimate of drug-likeness (QED) is 0.818. The lowest BCUT2D eigenvalue weighted by Gasteiger charge is -2.44. The molecule has 3 heterocycles. The van der Waals surface area contributed by atoms with Crippen molar-refractivity contribution >= 4 is 23.0 Å². The summed E-state index contributed by atoms with van der Waals surface area (Å²) in [5.41, 5.74) is 4.82. The number of hydrogen-bond donors (Lipinski definition) is 2. The van der Waals surface area contributed by atoms with Crippen LogP contribution in [0.3, 0.4) is 0 Å². The molecule has 1 amide bonds. The van der Waals surface area contributed by atoms with E-state index in [1.165, 1.54) is 17.3 Å². The van der Waals surface area contributed by atoms with Gasteiger partial charge in [0.05, 0.1) is 18.4 Å². The second kappa shape index (κ2) is 8.25. The molecule has 4 rings (SSSR count). The molecule has 2 aliphatic heterocycles. The van der Waals surface area contributed by atoms with Gasteiger partial charge in [-0.3, -0.25) is 4.79 Å². The van der Waals surface area contributed by atoms with Gasteiger partial charge >= 0.3 is 0 Å². The molecule has 1 aromatic heterocycles. The van der Waals surface area contributed by atoms with Gasteiger partial charge in [-0.15, -0.1) is 0 Å². The Kier molecular flexibility index (Phi) is 5.51. The van der Waals surface area contributed by atoms with Crippen LogP contribution in [0, 0.1) is 17.2 Å². The van der Waals surface area contributed by atoms with Crippen molar-refractivity contribution in [1.29, 1.82) is 5.26 Å². The third-order valence-corrected chi connectivity index (χ3v) is 6.16. The molecule has 30 heavy (non-hydrogen) atoms. The number of aromatic nitrogens is 2. The van der Waals surface area contributed by atoms with Crippen LogP contribution in [0.15, 0.2) is 36.7 Å². The molecule has 0 bridgehead atoms. The summed E-state index contributed by atoms with van der Waals surface area (Å²) >= 11 is 0. The highest BCUT2D eigenvalue weighted by molar-refractivity contribution is 5.94. The van der Waals surface area contributed by atoms with E-state index in [2.05, 4.69) is 58.7 Å². The van der Waals surface area contributed by atoms with E-state index >= 15 is 0 Å². The Morgan fingerprint density at radius 3 is 2.77 bits per heavy atom. The van der Waals surface area contributed by atoms with Crippen molar-refractivity contribution in [3.05, 3.63) is 53.5 Å². The van der Waals surface area contributed by atoms with Crippen molar-refractivity contribution in [2.24, 2.45) is 5.92 Å². The molecule has 0 unspecified atom stereocenters. The van der Waals surface area contributed by atoms with Gasteiger partial charge in [0.25, 0.3) is 0 Å². The van der Waals surface area contributed by atoms with Crippen molar-refractivity contribution in [3.8, 4) is 6.07 Å². The third kappa shape index (κ3) is 3.66. The number of amides is 1. The highest BCUT2D eigenvalue weighted by Crippen LogP contribution is 2.43. The average Bonchev–Trinajstić information content (AvgIpc) is 2.77. The highest BCUT2D eigenvalue weighted by Gasteiger charge is 2.38. The maximum absolute atomic E-state index is 12.5. The number of carbonyl (C=O) groups is 1. The number of rotatable bonds is 3. The van der Waals surface area contributed by atoms with Gasteiger partial charge in [0.2, 0.25) is 5.91 Å². The summed E-state index contributed by atoms with van der Waals surface area (Å²) in [7, 11) is 0. The molecule has 7 heteroatoms. The summed E-state index contributed by atoms with van der Waals surface area (Å²) in [5.74, 6) is 0.809. The first-order chi connectivity index (χ1) is 14.5. The first-order valence-electron chi connectivity index (χ1n) is 10.3. The first kappa shape index (κ1) is 20.0. The minimum atomic E-state index is -0.0323. The molecule has 1 aromatic carbocycles. The predicted molar refractivity (Wildman–Crippen MR) is 117 cm³/mol. The average molecular weight is 403 g/mol. The highest BCUT2D eigenvalue weighted by atomic mass is 16.2. The summed E-state index contributed by atoms with van der Waals surface area (Å²) in [6.45, 7) is 7.70. The van der Waals surface area contributed by atoms with E-state index in [0.29, 0.717) is 5.82 Å². The summed E-state index contributed by atoms with van der Waals surface area (Å²) in [6, 6.07) is 8.38. The fourth-order valence-corrected chi connectivity index (χ4v) is 4.41. The lowest BCUT2D eigenvalue weighted by atomic mass is 9.81. The maximum Gasteiger partial charge on any atom is 0.224 e. The minimum absolute atomic E-state index is 0.0304. The van der Waals surface area contributed by atoms with Crippen LogP contribution in [0.25, 0.3) is 5.57 Å². The van der Waals surface area contributed by atoms with Gasteiger partial charge in [-0.1, -0.05) is 19.1 Å². The molecular formula is C23H26N6O. The molecular weight excluding hydrogens is 376 g/mol.